The van der Waals surface area contributed by atoms with E-state index in [9.17, 15) is 14.0 Å². The lowest BCUT2D eigenvalue weighted by molar-refractivity contribution is -0.127. The first-order valence-electron chi connectivity index (χ1n) is 14.5. The highest BCUT2D eigenvalue weighted by Gasteiger charge is 2.40. The third kappa shape index (κ3) is 5.67. The Morgan fingerprint density at radius 2 is 1.86 bits per heavy atom. The molecular weight excluding hydrogens is 539 g/mol. The van der Waals surface area contributed by atoms with Gasteiger partial charge < -0.3 is 29.3 Å². The van der Waals surface area contributed by atoms with Gasteiger partial charge in [-0.1, -0.05) is 0 Å². The van der Waals surface area contributed by atoms with Gasteiger partial charge in [-0.2, -0.15) is 0 Å². The predicted octanol–water partition coefficient (Wildman–Crippen LogP) is 5.01. The van der Waals surface area contributed by atoms with E-state index in [0.717, 1.165) is 36.3 Å². The van der Waals surface area contributed by atoms with Crippen LogP contribution in [0.2, 0.25) is 0 Å². The number of carbonyl (C=O) groups is 2. The minimum atomic E-state index is -0.538. The molecule has 3 aliphatic rings. The van der Waals surface area contributed by atoms with Crippen LogP contribution in [-0.2, 0) is 9.53 Å². The summed E-state index contributed by atoms with van der Waals surface area (Å²) in [6.45, 7) is 8.63. The number of methoxy groups -OCH3 is 1. The van der Waals surface area contributed by atoms with Crippen LogP contribution in [0.25, 0.3) is 22.2 Å². The second-order valence-electron chi connectivity index (χ2n) is 12.4. The SMILES string of the molecule is COc1cc2nc(-c3ccc(OC4CCN(C(=O)OC(C)(C)C)C4)cc3)cc(N3CC4CCNC(=O)C4C3)c2cc1F. The van der Waals surface area contributed by atoms with Crippen LogP contribution in [0.3, 0.4) is 0 Å². The van der Waals surface area contributed by atoms with E-state index in [1.165, 1.54) is 13.2 Å². The molecule has 1 aromatic heterocycles. The molecule has 3 aromatic rings. The Morgan fingerprint density at radius 3 is 2.57 bits per heavy atom. The van der Waals surface area contributed by atoms with Crippen LogP contribution in [0.1, 0.15) is 33.6 Å². The first-order chi connectivity index (χ1) is 20.1. The number of fused-ring (bicyclic) bond motifs is 2. The zero-order valence-electron chi connectivity index (χ0n) is 24.5. The van der Waals surface area contributed by atoms with Gasteiger partial charge in [0, 0.05) is 55.3 Å². The molecule has 3 saturated heterocycles. The molecule has 1 N–H and O–H groups in total. The predicted molar refractivity (Wildman–Crippen MR) is 157 cm³/mol. The van der Waals surface area contributed by atoms with E-state index in [4.69, 9.17) is 19.2 Å². The number of hydrogen-bond acceptors (Lipinski definition) is 7. The fourth-order valence-electron chi connectivity index (χ4n) is 6.16. The number of piperidine rings is 1. The average molecular weight is 577 g/mol. The maximum absolute atomic E-state index is 14.8. The normalized spacial score (nSPS) is 22.2. The zero-order valence-corrected chi connectivity index (χ0v) is 24.5. The van der Waals surface area contributed by atoms with E-state index in [2.05, 4.69) is 10.2 Å². The molecular formula is C32H37FN4O5. The molecule has 42 heavy (non-hydrogen) atoms. The summed E-state index contributed by atoms with van der Waals surface area (Å²) in [7, 11) is 1.44. The fourth-order valence-corrected chi connectivity index (χ4v) is 6.16. The van der Waals surface area contributed by atoms with Crippen molar-refractivity contribution in [1.29, 1.82) is 0 Å². The molecule has 0 saturated carbocycles. The summed E-state index contributed by atoms with van der Waals surface area (Å²) in [4.78, 5) is 33.7. The summed E-state index contributed by atoms with van der Waals surface area (Å²) in [6, 6.07) is 12.8. The van der Waals surface area contributed by atoms with Crippen molar-refractivity contribution in [2.75, 3.05) is 44.7 Å². The molecule has 222 valence electrons. The number of ether oxygens (including phenoxy) is 3. The second-order valence-corrected chi connectivity index (χ2v) is 12.4. The van der Waals surface area contributed by atoms with E-state index in [-0.39, 0.29) is 35.7 Å². The number of rotatable bonds is 5. The van der Waals surface area contributed by atoms with Crippen molar-refractivity contribution in [3.8, 4) is 22.8 Å². The summed E-state index contributed by atoms with van der Waals surface area (Å²) in [5, 5.41) is 3.67. The van der Waals surface area contributed by atoms with Crippen molar-refractivity contribution in [3.05, 3.63) is 48.3 Å². The maximum Gasteiger partial charge on any atom is 0.410 e. The first kappa shape index (κ1) is 28.1. The number of nitrogens with zero attached hydrogens (tertiary/aromatic N) is 3. The number of anilines is 1. The van der Waals surface area contributed by atoms with Gasteiger partial charge in [0.2, 0.25) is 5.91 Å². The van der Waals surface area contributed by atoms with Crippen LogP contribution in [0.15, 0.2) is 42.5 Å². The third-order valence-electron chi connectivity index (χ3n) is 8.24. The van der Waals surface area contributed by atoms with Crippen molar-refractivity contribution in [1.82, 2.24) is 15.2 Å². The molecule has 3 fully saturated rings. The van der Waals surface area contributed by atoms with Gasteiger partial charge in [-0.15, -0.1) is 0 Å². The number of aromatic nitrogens is 1. The number of carbonyl (C=O) groups excluding carboxylic acids is 2. The molecule has 0 aliphatic carbocycles. The Balaban J connectivity index is 1.24. The lowest BCUT2D eigenvalue weighted by Gasteiger charge is -2.24. The van der Waals surface area contributed by atoms with Crippen LogP contribution >= 0.6 is 0 Å². The quantitative estimate of drug-likeness (QED) is 0.457. The van der Waals surface area contributed by atoms with Gasteiger partial charge >= 0.3 is 6.09 Å². The molecule has 2 aromatic carbocycles. The standard InChI is InChI=1S/C32H37FN4O5/c1-32(2,3)42-31(39)36-12-10-22(17-36)41-21-7-5-19(6-8-21)26-14-28(23-13-25(33)29(40-4)15-27(23)35-26)37-16-20-9-11-34-30(38)24(20)18-37/h5-8,13-15,20,22,24H,9-12,16-18H2,1-4H3,(H,34,38). The second kappa shape index (κ2) is 11.0. The Morgan fingerprint density at radius 1 is 1.07 bits per heavy atom. The Labute approximate surface area is 244 Å². The van der Waals surface area contributed by atoms with Crippen molar-refractivity contribution in [2.24, 2.45) is 11.8 Å². The molecule has 6 rings (SSSR count). The molecule has 0 spiro atoms. The van der Waals surface area contributed by atoms with Crippen molar-refractivity contribution in [3.63, 3.8) is 0 Å². The minimum absolute atomic E-state index is 0.0771. The van der Waals surface area contributed by atoms with Gasteiger partial charge in [0.1, 0.15) is 17.5 Å². The Kier molecular flexibility index (Phi) is 7.32. The van der Waals surface area contributed by atoms with E-state index < -0.39 is 11.4 Å². The lowest BCUT2D eigenvalue weighted by atomic mass is 9.89. The van der Waals surface area contributed by atoms with Crippen LogP contribution < -0.4 is 19.7 Å². The number of amides is 2. The van der Waals surface area contributed by atoms with Crippen molar-refractivity contribution in [2.45, 2.75) is 45.3 Å². The molecule has 9 nitrogen and oxygen atoms in total. The summed E-state index contributed by atoms with van der Waals surface area (Å²) in [5.41, 5.74) is 2.54. The van der Waals surface area contributed by atoms with Crippen LogP contribution in [0.5, 0.6) is 11.5 Å². The van der Waals surface area contributed by atoms with Gasteiger partial charge in [-0.25, -0.2) is 14.2 Å². The molecule has 3 aliphatic heterocycles. The van der Waals surface area contributed by atoms with Crippen LogP contribution in [0, 0.1) is 17.7 Å². The van der Waals surface area contributed by atoms with Crippen LogP contribution in [0.4, 0.5) is 14.9 Å². The van der Waals surface area contributed by atoms with Gasteiger partial charge in [-0.05, 0) is 69.5 Å². The van der Waals surface area contributed by atoms with Crippen LogP contribution in [-0.4, -0.2) is 73.4 Å². The zero-order chi connectivity index (χ0) is 29.6. The highest BCUT2D eigenvalue weighted by Crippen LogP contribution is 2.39. The molecule has 0 bridgehead atoms. The lowest BCUT2D eigenvalue weighted by Crippen LogP contribution is -2.41. The van der Waals surface area contributed by atoms with E-state index in [1.54, 1.807) is 11.0 Å². The van der Waals surface area contributed by atoms with Gasteiger partial charge in [0.05, 0.1) is 30.8 Å². The van der Waals surface area contributed by atoms with Gasteiger partial charge in [-0.3, -0.25) is 4.79 Å². The molecule has 3 unspecified atom stereocenters. The van der Waals surface area contributed by atoms with Gasteiger partial charge in [0.15, 0.2) is 11.6 Å². The summed E-state index contributed by atoms with van der Waals surface area (Å²) in [6.07, 6.45) is 1.22. The first-order valence-corrected chi connectivity index (χ1v) is 14.5. The molecule has 2 amide bonds. The van der Waals surface area contributed by atoms with E-state index in [1.807, 2.05) is 51.1 Å². The van der Waals surface area contributed by atoms with E-state index in [0.29, 0.717) is 42.8 Å². The topological polar surface area (TPSA) is 93.2 Å². The smallest absolute Gasteiger partial charge is 0.410 e. The number of nitrogens with one attached hydrogen (secondary N) is 1. The molecule has 10 heteroatoms. The maximum atomic E-state index is 14.8. The number of hydrogen-bond donors (Lipinski definition) is 1. The summed E-state index contributed by atoms with van der Waals surface area (Å²) >= 11 is 0. The summed E-state index contributed by atoms with van der Waals surface area (Å²) < 4.78 is 31.8. The molecule has 3 atom stereocenters. The largest absolute Gasteiger partial charge is 0.494 e. The highest BCUT2D eigenvalue weighted by atomic mass is 19.1. The molecule has 4 heterocycles. The summed E-state index contributed by atoms with van der Waals surface area (Å²) in [5.74, 6) is 0.669. The fraction of sp³-hybridized carbons (Fsp3) is 0.469. The Bertz CT molecular complexity index is 1510. The number of halogens is 1. The third-order valence-corrected chi connectivity index (χ3v) is 8.24. The Hall–Kier alpha value is -4.08. The van der Waals surface area contributed by atoms with Gasteiger partial charge in [0.25, 0.3) is 0 Å². The van der Waals surface area contributed by atoms with Crippen molar-refractivity contribution >= 4 is 28.6 Å². The minimum Gasteiger partial charge on any atom is -0.494 e. The highest BCUT2D eigenvalue weighted by molar-refractivity contribution is 5.96. The molecule has 0 radical (unpaired) electrons. The monoisotopic (exact) mass is 576 g/mol. The number of likely N-dealkylation sites (tertiary alicyclic amines) is 1. The van der Waals surface area contributed by atoms with Crippen molar-refractivity contribution < 1.29 is 28.2 Å². The number of pyridine rings is 1. The number of benzene rings is 2. The van der Waals surface area contributed by atoms with E-state index >= 15 is 0 Å². The average Bonchev–Trinajstić information content (AvgIpc) is 3.60.